The molecule has 3 aromatic rings. The quantitative estimate of drug-likeness (QED) is 0.375. The van der Waals surface area contributed by atoms with Crippen LogP contribution in [-0.4, -0.2) is 5.91 Å². The molecule has 0 saturated carbocycles. The summed E-state index contributed by atoms with van der Waals surface area (Å²) in [7, 11) is 0. The van der Waals surface area contributed by atoms with Gasteiger partial charge in [0, 0.05) is 5.56 Å². The Balaban J connectivity index is 1.82. The summed E-state index contributed by atoms with van der Waals surface area (Å²) in [5, 5.41) is 3.31. The summed E-state index contributed by atoms with van der Waals surface area (Å²) in [6, 6.07) is 24.4. The number of hydrogen-bond acceptors (Lipinski definition) is 2. The minimum atomic E-state index is -0.0132. The average Bonchev–Trinajstić information content (AvgIpc) is 2.79. The molecule has 32 heavy (non-hydrogen) atoms. The lowest BCUT2D eigenvalue weighted by molar-refractivity contribution is 0.0931. The van der Waals surface area contributed by atoms with E-state index in [4.69, 9.17) is 4.74 Å². The van der Waals surface area contributed by atoms with Gasteiger partial charge in [-0.2, -0.15) is 0 Å². The zero-order valence-electron chi connectivity index (χ0n) is 19.7. The van der Waals surface area contributed by atoms with Crippen LogP contribution in [0.3, 0.4) is 0 Å². The Hall–Kier alpha value is -3.07. The van der Waals surface area contributed by atoms with E-state index in [0.29, 0.717) is 12.5 Å². The van der Waals surface area contributed by atoms with Crippen LogP contribution >= 0.6 is 0 Å². The van der Waals surface area contributed by atoms with Gasteiger partial charge in [0.2, 0.25) is 0 Å². The Bertz CT molecular complexity index is 1010. The maximum Gasteiger partial charge on any atom is 0.252 e. The molecule has 3 nitrogen and oxygen atoms in total. The van der Waals surface area contributed by atoms with E-state index in [9.17, 15) is 4.79 Å². The maximum absolute atomic E-state index is 13.4. The molecule has 1 amide bonds. The number of nitrogens with one attached hydrogen (secondary N) is 1. The molecule has 0 aliphatic rings. The normalized spacial score (nSPS) is 11.9. The van der Waals surface area contributed by atoms with Crippen LogP contribution in [0.4, 0.5) is 0 Å². The Morgan fingerprint density at radius 3 is 2.38 bits per heavy atom. The average molecular weight is 430 g/mol. The van der Waals surface area contributed by atoms with Crippen LogP contribution in [0, 0.1) is 12.8 Å². The Kier molecular flexibility index (Phi) is 8.49. The van der Waals surface area contributed by atoms with E-state index in [2.05, 4.69) is 50.4 Å². The zero-order valence-corrected chi connectivity index (χ0v) is 19.7. The second kappa shape index (κ2) is 11.5. The summed E-state index contributed by atoms with van der Waals surface area (Å²) in [5.41, 5.74) is 5.08. The molecule has 0 spiro atoms. The molecular weight excluding hydrogens is 394 g/mol. The summed E-state index contributed by atoms with van der Waals surface area (Å²) < 4.78 is 6.03. The summed E-state index contributed by atoms with van der Waals surface area (Å²) in [6.45, 7) is 8.99. The van der Waals surface area contributed by atoms with Crippen LogP contribution in [0.2, 0.25) is 0 Å². The molecule has 0 aliphatic heterocycles. The molecule has 0 bridgehead atoms. The summed E-state index contributed by atoms with van der Waals surface area (Å²) in [6.07, 6.45) is 2.77. The zero-order chi connectivity index (χ0) is 22.9. The van der Waals surface area contributed by atoms with E-state index >= 15 is 0 Å². The van der Waals surface area contributed by atoms with Gasteiger partial charge in [0.25, 0.3) is 5.91 Å². The maximum atomic E-state index is 13.4. The number of rotatable bonds is 10. The topological polar surface area (TPSA) is 38.3 Å². The van der Waals surface area contributed by atoms with Crippen molar-refractivity contribution in [3.8, 4) is 5.75 Å². The Labute approximate surface area is 192 Å². The third-order valence-corrected chi connectivity index (χ3v) is 5.64. The van der Waals surface area contributed by atoms with Gasteiger partial charge in [-0.15, -0.1) is 0 Å². The molecule has 0 radical (unpaired) electrons. The van der Waals surface area contributed by atoms with Crippen molar-refractivity contribution in [3.05, 3.63) is 101 Å². The number of para-hydroxylation sites is 1. The van der Waals surface area contributed by atoms with Crippen LogP contribution < -0.4 is 10.1 Å². The Morgan fingerprint density at radius 2 is 1.69 bits per heavy atom. The highest BCUT2D eigenvalue weighted by molar-refractivity contribution is 5.96. The van der Waals surface area contributed by atoms with E-state index in [-0.39, 0.29) is 11.9 Å². The molecule has 0 saturated heterocycles. The predicted octanol–water partition coefficient (Wildman–Crippen LogP) is 7.04. The highest BCUT2D eigenvalue weighted by atomic mass is 16.5. The van der Waals surface area contributed by atoms with Gasteiger partial charge < -0.3 is 10.1 Å². The smallest absolute Gasteiger partial charge is 0.252 e. The van der Waals surface area contributed by atoms with E-state index in [0.717, 1.165) is 52.8 Å². The molecule has 1 N–H and O–H groups in total. The van der Waals surface area contributed by atoms with Crippen LogP contribution in [-0.2, 0) is 13.0 Å². The molecule has 0 heterocycles. The second-order valence-corrected chi connectivity index (χ2v) is 8.86. The molecule has 0 aromatic heterocycles. The molecule has 168 valence electrons. The molecule has 3 heteroatoms. The fourth-order valence-corrected chi connectivity index (χ4v) is 3.96. The fourth-order valence-electron chi connectivity index (χ4n) is 3.96. The number of amides is 1. The molecule has 1 unspecified atom stereocenters. The van der Waals surface area contributed by atoms with Crippen molar-refractivity contribution in [1.82, 2.24) is 5.32 Å². The van der Waals surface area contributed by atoms with Crippen molar-refractivity contribution in [3.63, 3.8) is 0 Å². The molecule has 0 aliphatic carbocycles. The first kappa shape index (κ1) is 23.6. The number of carbonyl (C=O) groups excluding carboxylic acids is 1. The van der Waals surface area contributed by atoms with Crippen LogP contribution in [0.15, 0.2) is 72.8 Å². The van der Waals surface area contributed by atoms with Crippen molar-refractivity contribution >= 4 is 5.91 Å². The van der Waals surface area contributed by atoms with Crippen molar-refractivity contribution in [2.24, 2.45) is 5.92 Å². The van der Waals surface area contributed by atoms with Gasteiger partial charge >= 0.3 is 0 Å². The molecular formula is C29H35NO2. The van der Waals surface area contributed by atoms with Crippen LogP contribution in [0.25, 0.3) is 0 Å². The largest absolute Gasteiger partial charge is 0.489 e. The summed E-state index contributed by atoms with van der Waals surface area (Å²) >= 11 is 0. The lowest BCUT2D eigenvalue weighted by Gasteiger charge is -2.22. The van der Waals surface area contributed by atoms with Crippen molar-refractivity contribution in [1.29, 1.82) is 0 Å². The van der Waals surface area contributed by atoms with Gasteiger partial charge in [0.15, 0.2) is 0 Å². The lowest BCUT2D eigenvalue weighted by Crippen LogP contribution is -2.30. The molecule has 1 atom stereocenters. The number of aryl methyl sites for hydroxylation is 2. The van der Waals surface area contributed by atoms with Gasteiger partial charge in [-0.3, -0.25) is 4.79 Å². The van der Waals surface area contributed by atoms with Gasteiger partial charge in [0.05, 0.1) is 6.04 Å². The molecule has 3 aromatic carbocycles. The lowest BCUT2D eigenvalue weighted by atomic mass is 9.95. The van der Waals surface area contributed by atoms with E-state index < -0.39 is 0 Å². The van der Waals surface area contributed by atoms with E-state index in [1.807, 2.05) is 55.5 Å². The first-order valence-electron chi connectivity index (χ1n) is 11.6. The van der Waals surface area contributed by atoms with Crippen molar-refractivity contribution < 1.29 is 9.53 Å². The third kappa shape index (κ3) is 6.46. The number of ether oxygens (including phenoxy) is 1. The fraction of sp³-hybridized carbons (Fsp3) is 0.345. The highest BCUT2D eigenvalue weighted by Crippen LogP contribution is 2.24. The number of benzene rings is 3. The first-order valence-corrected chi connectivity index (χ1v) is 11.6. The minimum Gasteiger partial charge on any atom is -0.489 e. The standard InChI is InChI=1S/C29H35NO2/c1-5-11-24-17-16-23(20-32-28-15-10-9-12-22(28)4)19-26(24)29(31)30-27(18-21(2)3)25-13-7-6-8-14-25/h6-10,12-17,19,21,27H,5,11,18,20H2,1-4H3,(H,30,31). The molecule has 3 rings (SSSR count). The van der Waals surface area contributed by atoms with E-state index in [1.54, 1.807) is 0 Å². The van der Waals surface area contributed by atoms with Gasteiger partial charge in [0.1, 0.15) is 12.4 Å². The molecule has 0 fully saturated rings. The minimum absolute atomic E-state index is 0.00921. The van der Waals surface area contributed by atoms with Gasteiger partial charge in [-0.1, -0.05) is 87.9 Å². The summed E-state index contributed by atoms with van der Waals surface area (Å²) in [5.74, 6) is 1.34. The first-order chi connectivity index (χ1) is 15.5. The third-order valence-electron chi connectivity index (χ3n) is 5.64. The summed E-state index contributed by atoms with van der Waals surface area (Å²) in [4.78, 5) is 13.4. The van der Waals surface area contributed by atoms with Gasteiger partial charge in [-0.25, -0.2) is 0 Å². The van der Waals surface area contributed by atoms with Crippen LogP contribution in [0.1, 0.15) is 72.3 Å². The highest BCUT2D eigenvalue weighted by Gasteiger charge is 2.19. The van der Waals surface area contributed by atoms with Crippen molar-refractivity contribution in [2.45, 2.75) is 59.6 Å². The second-order valence-electron chi connectivity index (χ2n) is 8.86. The Morgan fingerprint density at radius 1 is 0.969 bits per heavy atom. The number of hydrogen-bond donors (Lipinski definition) is 1. The number of carbonyl (C=O) groups is 1. The predicted molar refractivity (Wildman–Crippen MR) is 132 cm³/mol. The van der Waals surface area contributed by atoms with Crippen molar-refractivity contribution in [2.75, 3.05) is 0 Å². The monoisotopic (exact) mass is 429 g/mol. The SMILES string of the molecule is CCCc1ccc(COc2ccccc2C)cc1C(=O)NC(CC(C)C)c1ccccc1. The van der Waals surface area contributed by atoms with E-state index in [1.165, 1.54) is 0 Å². The van der Waals surface area contributed by atoms with Crippen LogP contribution in [0.5, 0.6) is 5.75 Å². The van der Waals surface area contributed by atoms with Gasteiger partial charge in [-0.05, 0) is 60.1 Å².